The third-order valence-corrected chi connectivity index (χ3v) is 11.2. The molecule has 0 fully saturated rings. The van der Waals surface area contributed by atoms with Crippen LogP contribution < -0.4 is 14.5 Å². The van der Waals surface area contributed by atoms with E-state index >= 15 is 0 Å². The molecule has 0 amide bonds. The molecule has 0 aromatic heterocycles. The fourth-order valence-corrected chi connectivity index (χ4v) is 8.49. The predicted octanol–water partition coefficient (Wildman–Crippen LogP) is 14.2. The average molecular weight is 683 g/mol. The first-order valence-electron chi connectivity index (χ1n) is 18.4. The summed E-state index contributed by atoms with van der Waals surface area (Å²) in [6, 6.07) is 63.3. The molecule has 0 saturated heterocycles. The van der Waals surface area contributed by atoms with Crippen molar-refractivity contribution in [2.24, 2.45) is 0 Å². The molecule has 0 saturated carbocycles. The number of ether oxygens (including phenoxy) is 1. The minimum Gasteiger partial charge on any atom is -0.452 e. The molecule has 53 heavy (non-hydrogen) atoms. The van der Waals surface area contributed by atoms with Gasteiger partial charge >= 0.3 is 0 Å². The zero-order valence-electron chi connectivity index (χ0n) is 30.0. The Hall–Kier alpha value is -6.58. The van der Waals surface area contributed by atoms with Gasteiger partial charge in [0.25, 0.3) is 0 Å². The summed E-state index contributed by atoms with van der Waals surface area (Å²) in [7, 11) is 0. The van der Waals surface area contributed by atoms with E-state index in [0.717, 1.165) is 51.1 Å². The second-order valence-electron chi connectivity index (χ2n) is 14.6. The van der Waals surface area contributed by atoms with Gasteiger partial charge in [0.1, 0.15) is 0 Å². The van der Waals surface area contributed by atoms with Gasteiger partial charge in [0.15, 0.2) is 11.5 Å². The number of aryl methyl sites for hydroxylation is 1. The number of hydrogen-bond acceptors (Lipinski definition) is 3. The van der Waals surface area contributed by atoms with Crippen LogP contribution >= 0.6 is 0 Å². The van der Waals surface area contributed by atoms with Crippen LogP contribution in [0.2, 0.25) is 0 Å². The molecule has 8 aromatic rings. The monoisotopic (exact) mass is 682 g/mol. The van der Waals surface area contributed by atoms with Crippen molar-refractivity contribution < 1.29 is 4.74 Å². The lowest BCUT2D eigenvalue weighted by Gasteiger charge is -2.45. The molecule has 2 aliphatic heterocycles. The number of para-hydroxylation sites is 2. The molecule has 0 radical (unpaired) electrons. The van der Waals surface area contributed by atoms with E-state index in [-0.39, 0.29) is 5.41 Å². The number of hydrogen-bond donors (Lipinski definition) is 0. The van der Waals surface area contributed by atoms with Gasteiger partial charge < -0.3 is 14.5 Å². The summed E-state index contributed by atoms with van der Waals surface area (Å²) < 4.78 is 6.96. The van der Waals surface area contributed by atoms with Crippen LogP contribution in [0.4, 0.5) is 34.1 Å². The van der Waals surface area contributed by atoms with Gasteiger partial charge in [-0.3, -0.25) is 0 Å². The Morgan fingerprint density at radius 1 is 0.509 bits per heavy atom. The van der Waals surface area contributed by atoms with Crippen molar-refractivity contribution in [3.8, 4) is 33.8 Å². The highest BCUT2D eigenvalue weighted by atomic mass is 16.5. The second kappa shape index (κ2) is 12.0. The quantitative estimate of drug-likeness (QED) is 0.180. The number of benzene rings is 8. The normalized spacial score (nSPS) is 13.5. The van der Waals surface area contributed by atoms with Crippen molar-refractivity contribution in [1.82, 2.24) is 0 Å². The fourth-order valence-electron chi connectivity index (χ4n) is 8.49. The molecule has 0 bridgehead atoms. The lowest BCUT2D eigenvalue weighted by atomic mass is 9.72. The van der Waals surface area contributed by atoms with Crippen molar-refractivity contribution in [2.75, 3.05) is 9.80 Å². The van der Waals surface area contributed by atoms with Crippen LogP contribution in [0.5, 0.6) is 11.5 Å². The first-order chi connectivity index (χ1) is 26.0. The zero-order valence-corrected chi connectivity index (χ0v) is 30.0. The van der Waals surface area contributed by atoms with Crippen LogP contribution in [0.25, 0.3) is 33.0 Å². The summed E-state index contributed by atoms with van der Waals surface area (Å²) >= 11 is 0. The number of rotatable bonds is 5. The Bertz CT molecular complexity index is 2670. The molecular weight excluding hydrogens is 645 g/mol. The van der Waals surface area contributed by atoms with Gasteiger partial charge in [-0.05, 0) is 88.2 Å². The Labute approximate surface area is 311 Å². The minimum absolute atomic E-state index is 0.196. The number of fused-ring (bicyclic) bond motifs is 5. The van der Waals surface area contributed by atoms with E-state index in [0.29, 0.717) is 0 Å². The molecule has 0 aliphatic carbocycles. The molecule has 0 unspecified atom stereocenters. The van der Waals surface area contributed by atoms with E-state index in [9.17, 15) is 0 Å². The summed E-state index contributed by atoms with van der Waals surface area (Å²) in [5, 5.41) is 2.41. The topological polar surface area (TPSA) is 15.7 Å². The van der Waals surface area contributed by atoms with E-state index in [1.165, 1.54) is 44.3 Å². The molecule has 0 N–H and O–H groups in total. The third kappa shape index (κ3) is 4.88. The van der Waals surface area contributed by atoms with Crippen molar-refractivity contribution in [1.29, 1.82) is 0 Å². The lowest BCUT2D eigenvalue weighted by Crippen LogP contribution is -2.32. The van der Waals surface area contributed by atoms with Crippen LogP contribution in [0.3, 0.4) is 0 Å². The van der Waals surface area contributed by atoms with Gasteiger partial charge in [-0.15, -0.1) is 0 Å². The molecular formula is C50H38N2O. The van der Waals surface area contributed by atoms with Gasteiger partial charge in [-0.1, -0.05) is 147 Å². The fraction of sp³-hybridized carbons (Fsp3) is 0.0800. The summed E-state index contributed by atoms with van der Waals surface area (Å²) in [5.41, 5.74) is 14.9. The Morgan fingerprint density at radius 2 is 1.15 bits per heavy atom. The summed E-state index contributed by atoms with van der Waals surface area (Å²) in [4.78, 5) is 4.81. The maximum absolute atomic E-state index is 6.96. The van der Waals surface area contributed by atoms with E-state index < -0.39 is 0 Å². The Kier molecular flexibility index (Phi) is 7.06. The molecule has 3 heteroatoms. The lowest BCUT2D eigenvalue weighted by molar-refractivity contribution is 0.472. The van der Waals surface area contributed by atoms with Crippen LogP contribution in [0.1, 0.15) is 30.5 Å². The highest BCUT2D eigenvalue weighted by Gasteiger charge is 2.42. The van der Waals surface area contributed by atoms with E-state index in [2.05, 4.69) is 206 Å². The molecule has 2 aliphatic rings. The molecule has 8 aromatic carbocycles. The minimum atomic E-state index is -0.196. The number of anilines is 6. The first kappa shape index (κ1) is 31.2. The number of nitrogens with zero attached hydrogens (tertiary/aromatic N) is 2. The highest BCUT2D eigenvalue weighted by molar-refractivity contribution is 6.00. The smallest absolute Gasteiger partial charge is 0.159 e. The molecule has 0 spiro atoms. The van der Waals surface area contributed by atoms with Crippen molar-refractivity contribution >= 4 is 44.9 Å². The molecule has 2 heterocycles. The Balaban J connectivity index is 1.11. The van der Waals surface area contributed by atoms with Crippen LogP contribution in [-0.2, 0) is 5.41 Å². The van der Waals surface area contributed by atoms with Crippen LogP contribution in [0.15, 0.2) is 176 Å². The standard InChI is InChI=1S/C50H38N2O/c1-33-13-11-22-46-47(33)52-45-20-10-9-19-42(45)50(2,3)43-32-31-41(49(53-46)48(43)52)37-25-29-39(30-26-37)51(44-21-12-17-36-16-7-8-18-40(36)44)38-27-23-35(24-28-38)34-14-5-4-6-15-34/h4-32H,1-3H3. The molecule has 254 valence electrons. The van der Waals surface area contributed by atoms with Gasteiger partial charge in [0.05, 0.1) is 22.7 Å². The van der Waals surface area contributed by atoms with Gasteiger partial charge in [0.2, 0.25) is 0 Å². The average Bonchev–Trinajstić information content (AvgIpc) is 3.20. The maximum Gasteiger partial charge on any atom is 0.159 e. The SMILES string of the molecule is Cc1cccc2c1N1c3ccccc3C(C)(C)c3ccc(-c4ccc(N(c5ccc(-c6ccccc6)cc5)c5cccc6ccccc56)cc4)c(c31)O2. The maximum atomic E-state index is 6.96. The van der Waals surface area contributed by atoms with E-state index in [4.69, 9.17) is 4.74 Å². The zero-order chi connectivity index (χ0) is 35.7. The van der Waals surface area contributed by atoms with Crippen molar-refractivity contribution in [3.05, 3.63) is 193 Å². The molecule has 0 atom stereocenters. The van der Waals surface area contributed by atoms with Gasteiger partial charge in [-0.2, -0.15) is 0 Å². The molecule has 10 rings (SSSR count). The van der Waals surface area contributed by atoms with Crippen molar-refractivity contribution in [2.45, 2.75) is 26.2 Å². The summed E-state index contributed by atoms with van der Waals surface area (Å²) in [5.74, 6) is 1.78. The largest absolute Gasteiger partial charge is 0.452 e. The third-order valence-electron chi connectivity index (χ3n) is 11.2. The van der Waals surface area contributed by atoms with E-state index in [1.807, 2.05) is 0 Å². The van der Waals surface area contributed by atoms with Crippen LogP contribution in [-0.4, -0.2) is 0 Å². The second-order valence-corrected chi connectivity index (χ2v) is 14.6. The van der Waals surface area contributed by atoms with Crippen LogP contribution in [0, 0.1) is 6.92 Å². The first-order valence-corrected chi connectivity index (χ1v) is 18.4. The van der Waals surface area contributed by atoms with E-state index in [1.54, 1.807) is 0 Å². The molecule has 3 nitrogen and oxygen atoms in total. The van der Waals surface area contributed by atoms with Gasteiger partial charge in [0, 0.05) is 27.7 Å². The highest BCUT2D eigenvalue weighted by Crippen LogP contribution is 2.62. The predicted molar refractivity (Wildman–Crippen MR) is 221 cm³/mol. The summed E-state index contributed by atoms with van der Waals surface area (Å²) in [6.07, 6.45) is 0. The Morgan fingerprint density at radius 3 is 1.94 bits per heavy atom. The van der Waals surface area contributed by atoms with Gasteiger partial charge in [-0.25, -0.2) is 0 Å². The summed E-state index contributed by atoms with van der Waals surface area (Å²) in [6.45, 7) is 6.83. The van der Waals surface area contributed by atoms with Crippen molar-refractivity contribution in [3.63, 3.8) is 0 Å².